The third-order valence-electron chi connectivity index (χ3n) is 2.55. The van der Waals surface area contributed by atoms with Gasteiger partial charge in [0.25, 0.3) is 0 Å². The summed E-state index contributed by atoms with van der Waals surface area (Å²) in [4.78, 5) is 0. The summed E-state index contributed by atoms with van der Waals surface area (Å²) in [6.07, 6.45) is 2.65. The van der Waals surface area contributed by atoms with E-state index in [-0.39, 0.29) is 5.41 Å². The third kappa shape index (κ3) is 2.80. The van der Waals surface area contributed by atoms with E-state index in [1.54, 1.807) is 0 Å². The molecule has 0 heterocycles. The zero-order valence-corrected chi connectivity index (χ0v) is 7.91. The molecular weight excluding hydrogens is 136 g/mol. The van der Waals surface area contributed by atoms with Gasteiger partial charge in [-0.2, -0.15) is 0 Å². The van der Waals surface area contributed by atoms with Gasteiger partial charge >= 0.3 is 0 Å². The van der Waals surface area contributed by atoms with Crippen LogP contribution in [0.15, 0.2) is 0 Å². The lowest BCUT2D eigenvalue weighted by molar-refractivity contribution is 0.328. The zero-order chi connectivity index (χ0) is 8.54. The van der Waals surface area contributed by atoms with Crippen molar-refractivity contribution in [1.29, 1.82) is 0 Å². The van der Waals surface area contributed by atoms with Gasteiger partial charge in [-0.1, -0.05) is 13.8 Å². The minimum atomic E-state index is 0.256. The zero-order valence-electron chi connectivity index (χ0n) is 7.91. The maximum atomic E-state index is 5.62. The predicted molar refractivity (Wildman–Crippen MR) is 48.5 cm³/mol. The summed E-state index contributed by atoms with van der Waals surface area (Å²) in [5, 5.41) is 3.54. The van der Waals surface area contributed by atoms with Crippen LogP contribution in [-0.2, 0) is 0 Å². The molecule has 0 spiro atoms. The van der Waals surface area contributed by atoms with Gasteiger partial charge in [-0.25, -0.2) is 0 Å². The first-order valence-electron chi connectivity index (χ1n) is 4.43. The Balaban J connectivity index is 2.20. The Morgan fingerprint density at radius 1 is 1.45 bits per heavy atom. The average molecular weight is 156 g/mol. The molecule has 0 saturated heterocycles. The van der Waals surface area contributed by atoms with Gasteiger partial charge in [-0.3, -0.25) is 0 Å². The van der Waals surface area contributed by atoms with E-state index in [4.69, 9.17) is 5.73 Å². The Kier molecular flexibility index (Phi) is 2.26. The van der Waals surface area contributed by atoms with Crippen LogP contribution in [0.5, 0.6) is 0 Å². The molecule has 1 saturated carbocycles. The largest absolute Gasteiger partial charge is 0.330 e. The molecule has 1 rings (SSSR count). The van der Waals surface area contributed by atoms with Crippen molar-refractivity contribution in [2.75, 3.05) is 13.1 Å². The van der Waals surface area contributed by atoms with Crippen LogP contribution in [-0.4, -0.2) is 18.6 Å². The van der Waals surface area contributed by atoms with Crippen LogP contribution in [0.3, 0.4) is 0 Å². The fourth-order valence-corrected chi connectivity index (χ4v) is 0.889. The van der Waals surface area contributed by atoms with Crippen LogP contribution in [0.4, 0.5) is 0 Å². The van der Waals surface area contributed by atoms with Gasteiger partial charge in [0.15, 0.2) is 0 Å². The van der Waals surface area contributed by atoms with Crippen LogP contribution in [0, 0.1) is 5.41 Å². The Morgan fingerprint density at radius 2 is 2.00 bits per heavy atom. The van der Waals surface area contributed by atoms with Gasteiger partial charge in [0.1, 0.15) is 0 Å². The Hall–Kier alpha value is -0.0800. The second-order valence-corrected chi connectivity index (χ2v) is 4.78. The van der Waals surface area contributed by atoms with Crippen molar-refractivity contribution in [3.8, 4) is 0 Å². The van der Waals surface area contributed by atoms with Crippen LogP contribution in [0.25, 0.3) is 0 Å². The van der Waals surface area contributed by atoms with Gasteiger partial charge in [0, 0.05) is 12.1 Å². The predicted octanol–water partition coefficient (Wildman–Crippen LogP) is 1.11. The van der Waals surface area contributed by atoms with Gasteiger partial charge in [-0.15, -0.1) is 0 Å². The van der Waals surface area contributed by atoms with Crippen molar-refractivity contribution in [1.82, 2.24) is 5.32 Å². The molecular formula is C9H20N2. The molecule has 0 aliphatic heterocycles. The first-order valence-corrected chi connectivity index (χ1v) is 4.43. The van der Waals surface area contributed by atoms with Crippen LogP contribution in [0.2, 0.25) is 0 Å². The minimum Gasteiger partial charge on any atom is -0.330 e. The monoisotopic (exact) mass is 156 g/mol. The standard InChI is InChI=1S/C9H20N2/c1-8(2,6-10)7-11-9(3)4-5-9/h11H,4-7,10H2,1-3H3. The number of hydrogen-bond acceptors (Lipinski definition) is 2. The van der Waals surface area contributed by atoms with E-state index in [1.165, 1.54) is 12.8 Å². The molecule has 0 amide bonds. The highest BCUT2D eigenvalue weighted by Gasteiger charge is 2.37. The molecule has 3 N–H and O–H groups in total. The molecule has 0 unspecified atom stereocenters. The van der Waals surface area contributed by atoms with E-state index in [9.17, 15) is 0 Å². The molecule has 0 atom stereocenters. The maximum Gasteiger partial charge on any atom is 0.0154 e. The molecule has 1 aliphatic carbocycles. The Bertz CT molecular complexity index is 136. The van der Waals surface area contributed by atoms with Crippen molar-refractivity contribution in [2.24, 2.45) is 11.1 Å². The van der Waals surface area contributed by atoms with Crippen molar-refractivity contribution < 1.29 is 0 Å². The molecule has 0 aromatic heterocycles. The minimum absolute atomic E-state index is 0.256. The van der Waals surface area contributed by atoms with E-state index in [2.05, 4.69) is 26.1 Å². The van der Waals surface area contributed by atoms with Crippen molar-refractivity contribution in [3.05, 3.63) is 0 Å². The SMILES string of the molecule is CC(C)(CN)CNC1(C)CC1. The highest BCUT2D eigenvalue weighted by atomic mass is 15.0. The van der Waals surface area contributed by atoms with E-state index in [1.807, 2.05) is 0 Å². The van der Waals surface area contributed by atoms with Crippen molar-refractivity contribution in [2.45, 2.75) is 39.2 Å². The third-order valence-corrected chi connectivity index (χ3v) is 2.55. The fraction of sp³-hybridized carbons (Fsp3) is 1.00. The van der Waals surface area contributed by atoms with Gasteiger partial charge in [-0.05, 0) is 31.7 Å². The van der Waals surface area contributed by atoms with E-state index in [0.29, 0.717) is 5.54 Å². The smallest absolute Gasteiger partial charge is 0.0154 e. The van der Waals surface area contributed by atoms with Gasteiger partial charge in [0.05, 0.1) is 0 Å². The Morgan fingerprint density at radius 3 is 2.36 bits per heavy atom. The average Bonchev–Trinajstić information content (AvgIpc) is 2.66. The number of hydrogen-bond donors (Lipinski definition) is 2. The van der Waals surface area contributed by atoms with Crippen molar-refractivity contribution in [3.63, 3.8) is 0 Å². The number of nitrogens with two attached hydrogens (primary N) is 1. The summed E-state index contributed by atoms with van der Waals surface area (Å²) in [5.41, 5.74) is 6.32. The maximum absolute atomic E-state index is 5.62. The summed E-state index contributed by atoms with van der Waals surface area (Å²) < 4.78 is 0. The summed E-state index contributed by atoms with van der Waals surface area (Å²) in [6, 6.07) is 0. The molecule has 2 nitrogen and oxygen atoms in total. The summed E-state index contributed by atoms with van der Waals surface area (Å²) in [7, 11) is 0. The van der Waals surface area contributed by atoms with Crippen LogP contribution in [0.1, 0.15) is 33.6 Å². The quantitative estimate of drug-likeness (QED) is 0.640. The first kappa shape index (κ1) is 9.01. The second kappa shape index (κ2) is 2.76. The van der Waals surface area contributed by atoms with Crippen LogP contribution >= 0.6 is 0 Å². The normalized spacial score (nSPS) is 21.8. The molecule has 1 fully saturated rings. The van der Waals surface area contributed by atoms with E-state index < -0.39 is 0 Å². The summed E-state index contributed by atoms with van der Waals surface area (Å²) in [6.45, 7) is 8.48. The summed E-state index contributed by atoms with van der Waals surface area (Å²) >= 11 is 0. The number of nitrogens with one attached hydrogen (secondary N) is 1. The van der Waals surface area contributed by atoms with E-state index in [0.717, 1.165) is 13.1 Å². The molecule has 0 bridgehead atoms. The lowest BCUT2D eigenvalue weighted by Gasteiger charge is -2.25. The highest BCUT2D eigenvalue weighted by Crippen LogP contribution is 2.34. The molecule has 66 valence electrons. The molecule has 0 aromatic rings. The van der Waals surface area contributed by atoms with Crippen LogP contribution < -0.4 is 11.1 Å². The summed E-state index contributed by atoms with van der Waals surface area (Å²) in [5.74, 6) is 0. The van der Waals surface area contributed by atoms with Gasteiger partial charge in [0.2, 0.25) is 0 Å². The molecule has 1 aliphatic rings. The fourth-order valence-electron chi connectivity index (χ4n) is 0.889. The molecule has 11 heavy (non-hydrogen) atoms. The second-order valence-electron chi connectivity index (χ2n) is 4.78. The highest BCUT2D eigenvalue weighted by molar-refractivity contribution is 4.98. The molecule has 2 heteroatoms. The van der Waals surface area contributed by atoms with Crippen molar-refractivity contribution >= 4 is 0 Å². The number of rotatable bonds is 4. The molecule has 0 radical (unpaired) electrons. The topological polar surface area (TPSA) is 38.0 Å². The first-order chi connectivity index (χ1) is 4.97. The van der Waals surface area contributed by atoms with Gasteiger partial charge < -0.3 is 11.1 Å². The molecule has 0 aromatic carbocycles. The Labute approximate surface area is 69.5 Å². The van der Waals surface area contributed by atoms with E-state index >= 15 is 0 Å². The lowest BCUT2D eigenvalue weighted by Crippen LogP contribution is -2.40. The lowest BCUT2D eigenvalue weighted by atomic mass is 9.93.